The molecule has 0 fully saturated rings. The minimum absolute atomic E-state index is 0.209. The Balaban J connectivity index is 2.92. The predicted molar refractivity (Wildman–Crippen MR) is 59.3 cm³/mol. The van der Waals surface area contributed by atoms with Gasteiger partial charge in [0.05, 0.1) is 5.69 Å². The third kappa shape index (κ3) is 1.52. The predicted octanol–water partition coefficient (Wildman–Crippen LogP) is 2.41. The van der Waals surface area contributed by atoms with Crippen molar-refractivity contribution in [3.8, 4) is 0 Å². The maximum atomic E-state index is 11.0. The van der Waals surface area contributed by atoms with Gasteiger partial charge in [0.1, 0.15) is 5.56 Å². The molecule has 0 radical (unpaired) electrons. The molecule has 0 aliphatic carbocycles. The number of carboxylic acids is 1. The molecule has 5 heteroatoms. The summed E-state index contributed by atoms with van der Waals surface area (Å²) in [5.74, 6) is -0.966. The molecule has 0 aliphatic heterocycles. The van der Waals surface area contributed by atoms with Gasteiger partial charge < -0.3 is 9.51 Å². The van der Waals surface area contributed by atoms with E-state index in [4.69, 9.17) is 5.11 Å². The van der Waals surface area contributed by atoms with Gasteiger partial charge in [-0.2, -0.15) is 0 Å². The van der Waals surface area contributed by atoms with Crippen LogP contribution in [0.2, 0.25) is 0 Å². The van der Waals surface area contributed by atoms with Crippen LogP contribution in [0.15, 0.2) is 16.7 Å². The summed E-state index contributed by atoms with van der Waals surface area (Å²) < 4.78 is 2.51. The molecule has 1 N–H and O–H groups in total. The van der Waals surface area contributed by atoms with Gasteiger partial charge in [-0.15, -0.1) is 0 Å². The number of imidazole rings is 1. The van der Waals surface area contributed by atoms with Gasteiger partial charge in [-0.25, -0.2) is 9.78 Å². The molecule has 2 rings (SSSR count). The summed E-state index contributed by atoms with van der Waals surface area (Å²) in [6.07, 6.45) is 1.82. The van der Waals surface area contributed by atoms with Crippen molar-refractivity contribution in [1.29, 1.82) is 0 Å². The maximum Gasteiger partial charge on any atom is 0.339 e. The Morgan fingerprint density at radius 3 is 2.80 bits per heavy atom. The van der Waals surface area contributed by atoms with E-state index in [0.717, 1.165) is 15.9 Å². The number of nitrogens with zero attached hydrogens (tertiary/aromatic N) is 2. The summed E-state index contributed by atoms with van der Waals surface area (Å²) in [5, 5.41) is 9.03. The second-order valence-electron chi connectivity index (χ2n) is 3.35. The Bertz CT molecular complexity index is 560. The Morgan fingerprint density at radius 1 is 1.53 bits per heavy atom. The van der Waals surface area contributed by atoms with Crippen LogP contribution in [0.1, 0.15) is 21.7 Å². The smallest absolute Gasteiger partial charge is 0.339 e. The number of carboxylic acid groups (broad SMARTS) is 1. The van der Waals surface area contributed by atoms with E-state index in [1.54, 1.807) is 10.5 Å². The van der Waals surface area contributed by atoms with Crippen molar-refractivity contribution in [2.75, 3.05) is 0 Å². The number of fused-ring (bicyclic) bond motifs is 1. The summed E-state index contributed by atoms with van der Waals surface area (Å²) in [7, 11) is 0. The number of halogens is 1. The first-order valence-corrected chi connectivity index (χ1v) is 5.18. The first kappa shape index (κ1) is 10.2. The summed E-state index contributed by atoms with van der Waals surface area (Å²) in [5.41, 5.74) is 2.49. The van der Waals surface area contributed by atoms with Crippen LogP contribution < -0.4 is 0 Å². The Morgan fingerprint density at radius 2 is 2.20 bits per heavy atom. The first-order valence-electron chi connectivity index (χ1n) is 4.39. The van der Waals surface area contributed by atoms with Gasteiger partial charge in [0, 0.05) is 16.4 Å². The zero-order chi connectivity index (χ0) is 11.2. The molecule has 0 aliphatic rings. The maximum absolute atomic E-state index is 11.0. The zero-order valence-corrected chi connectivity index (χ0v) is 9.87. The molecular weight excluding hydrogens is 260 g/mol. The first-order chi connectivity index (χ1) is 7.00. The molecule has 0 saturated heterocycles. The van der Waals surface area contributed by atoms with Crippen LogP contribution in [0.4, 0.5) is 0 Å². The third-order valence-corrected chi connectivity index (χ3v) is 2.83. The fraction of sp³-hybridized carbons (Fsp3) is 0.200. The Hall–Kier alpha value is -1.36. The normalized spacial score (nSPS) is 10.9. The van der Waals surface area contributed by atoms with Gasteiger partial charge in [-0.05, 0) is 35.8 Å². The second-order valence-corrected chi connectivity index (χ2v) is 4.27. The highest BCUT2D eigenvalue weighted by atomic mass is 79.9. The standard InChI is InChI=1S/C10H9BrN2O2/c1-5-6(2)13-4-7(11)3-8(10(14)15)9(13)12-5/h3-4H,1-2H3,(H,14,15). The number of aromatic nitrogens is 2. The molecule has 0 bridgehead atoms. The quantitative estimate of drug-likeness (QED) is 0.864. The highest BCUT2D eigenvalue weighted by Gasteiger charge is 2.14. The van der Waals surface area contributed by atoms with Gasteiger partial charge in [0.15, 0.2) is 5.65 Å². The highest BCUT2D eigenvalue weighted by molar-refractivity contribution is 9.10. The van der Waals surface area contributed by atoms with Gasteiger partial charge in [0.25, 0.3) is 0 Å². The highest BCUT2D eigenvalue weighted by Crippen LogP contribution is 2.20. The molecule has 4 nitrogen and oxygen atoms in total. The van der Waals surface area contributed by atoms with Crippen molar-refractivity contribution < 1.29 is 9.90 Å². The lowest BCUT2D eigenvalue weighted by Crippen LogP contribution is -2.01. The summed E-state index contributed by atoms with van der Waals surface area (Å²) in [6.45, 7) is 3.77. The molecule has 78 valence electrons. The molecule has 2 heterocycles. The molecule has 2 aromatic rings. The zero-order valence-electron chi connectivity index (χ0n) is 8.28. The van der Waals surface area contributed by atoms with Crippen LogP contribution in [0.5, 0.6) is 0 Å². The largest absolute Gasteiger partial charge is 0.478 e. The Labute approximate surface area is 94.7 Å². The lowest BCUT2D eigenvalue weighted by atomic mass is 10.3. The van der Waals surface area contributed by atoms with Gasteiger partial charge in [0.2, 0.25) is 0 Å². The summed E-state index contributed by atoms with van der Waals surface area (Å²) >= 11 is 3.28. The number of carbonyl (C=O) groups is 1. The van der Waals surface area contributed by atoms with Gasteiger partial charge in [-0.3, -0.25) is 0 Å². The minimum Gasteiger partial charge on any atom is -0.478 e. The average molecular weight is 269 g/mol. The minimum atomic E-state index is -0.966. The van der Waals surface area contributed by atoms with Crippen LogP contribution in [0.3, 0.4) is 0 Å². The number of rotatable bonds is 1. The van der Waals surface area contributed by atoms with Crippen molar-refractivity contribution >= 4 is 27.5 Å². The van der Waals surface area contributed by atoms with Gasteiger partial charge >= 0.3 is 5.97 Å². The SMILES string of the molecule is Cc1nc2c(C(=O)O)cc(Br)cn2c1C. The van der Waals surface area contributed by atoms with Crippen molar-refractivity contribution in [3.05, 3.63) is 33.7 Å². The van der Waals surface area contributed by atoms with Crippen LogP contribution in [-0.2, 0) is 0 Å². The number of aromatic carboxylic acids is 1. The van der Waals surface area contributed by atoms with Crippen LogP contribution in [0.25, 0.3) is 5.65 Å². The molecule has 0 aromatic carbocycles. The van der Waals surface area contributed by atoms with E-state index < -0.39 is 5.97 Å². The summed E-state index contributed by atoms with van der Waals surface area (Å²) in [6, 6.07) is 1.56. The topological polar surface area (TPSA) is 54.6 Å². The van der Waals surface area contributed by atoms with E-state index in [-0.39, 0.29) is 5.56 Å². The van der Waals surface area contributed by atoms with E-state index in [1.165, 1.54) is 0 Å². The molecule has 2 aromatic heterocycles. The monoisotopic (exact) mass is 268 g/mol. The molecule has 0 saturated carbocycles. The molecule has 15 heavy (non-hydrogen) atoms. The van der Waals surface area contributed by atoms with Crippen LogP contribution in [0, 0.1) is 13.8 Å². The molecule has 0 unspecified atom stereocenters. The number of hydrogen-bond acceptors (Lipinski definition) is 2. The average Bonchev–Trinajstić information content (AvgIpc) is 2.43. The number of pyridine rings is 1. The van der Waals surface area contributed by atoms with Crippen molar-refractivity contribution in [1.82, 2.24) is 9.38 Å². The number of hydrogen-bond donors (Lipinski definition) is 1. The van der Waals surface area contributed by atoms with Crippen molar-refractivity contribution in [2.24, 2.45) is 0 Å². The van der Waals surface area contributed by atoms with Crippen LogP contribution >= 0.6 is 15.9 Å². The molecule has 0 atom stereocenters. The van der Waals surface area contributed by atoms with Crippen molar-refractivity contribution in [2.45, 2.75) is 13.8 Å². The van der Waals surface area contributed by atoms with Gasteiger partial charge in [-0.1, -0.05) is 0 Å². The van der Waals surface area contributed by atoms with E-state index >= 15 is 0 Å². The van der Waals surface area contributed by atoms with Crippen molar-refractivity contribution in [3.63, 3.8) is 0 Å². The van der Waals surface area contributed by atoms with E-state index in [0.29, 0.717) is 5.65 Å². The summed E-state index contributed by atoms with van der Waals surface area (Å²) in [4.78, 5) is 15.2. The number of aryl methyl sites for hydroxylation is 2. The molecule has 0 amide bonds. The third-order valence-electron chi connectivity index (χ3n) is 2.39. The lowest BCUT2D eigenvalue weighted by Gasteiger charge is -2.01. The van der Waals surface area contributed by atoms with E-state index in [1.807, 2.05) is 20.0 Å². The Kier molecular flexibility index (Phi) is 2.26. The van der Waals surface area contributed by atoms with E-state index in [9.17, 15) is 4.79 Å². The molecular formula is C10H9BrN2O2. The van der Waals surface area contributed by atoms with E-state index in [2.05, 4.69) is 20.9 Å². The lowest BCUT2D eigenvalue weighted by molar-refractivity contribution is 0.0698. The second kappa shape index (κ2) is 3.34. The fourth-order valence-electron chi connectivity index (χ4n) is 1.50. The van der Waals surface area contributed by atoms with Crippen LogP contribution in [-0.4, -0.2) is 20.5 Å². The molecule has 0 spiro atoms. The fourth-order valence-corrected chi connectivity index (χ4v) is 1.93.